The molecule has 1 aromatic carbocycles. The second kappa shape index (κ2) is 7.71. The van der Waals surface area contributed by atoms with E-state index in [1.165, 1.54) is 6.07 Å². The zero-order chi connectivity index (χ0) is 26.7. The number of aromatic nitrogens is 2. The van der Waals surface area contributed by atoms with Crippen molar-refractivity contribution in [1.29, 1.82) is 0 Å². The molecule has 1 fully saturated rings. The number of amides is 1. The van der Waals surface area contributed by atoms with Gasteiger partial charge < -0.3 is 20.1 Å². The molecule has 3 N–H and O–H groups in total. The third-order valence-electron chi connectivity index (χ3n) is 8.87. The molecule has 196 valence electrons. The average Bonchev–Trinajstić information content (AvgIpc) is 3.55. The van der Waals surface area contributed by atoms with Crippen LogP contribution in [-0.4, -0.2) is 37.1 Å². The van der Waals surface area contributed by atoms with E-state index in [1.807, 2.05) is 0 Å². The third kappa shape index (κ3) is 3.03. The van der Waals surface area contributed by atoms with Crippen molar-refractivity contribution in [2.75, 3.05) is 0 Å². The van der Waals surface area contributed by atoms with Crippen molar-refractivity contribution < 1.29 is 24.2 Å². The number of hydrogen-bond acceptors (Lipinski definition) is 6. The number of Topliss-reactive ketones (excluding diaryl/α,β-unsaturated/α-hetero) is 1. The number of fused-ring (bicyclic) bond motifs is 5. The summed E-state index contributed by atoms with van der Waals surface area (Å²) in [6, 6.07) is 2.44. The number of pyridine rings is 2. The Hall–Kier alpha value is -3.14. The van der Waals surface area contributed by atoms with Gasteiger partial charge in [0.15, 0.2) is 5.78 Å². The highest BCUT2D eigenvalue weighted by Crippen LogP contribution is 2.47. The van der Waals surface area contributed by atoms with Crippen LogP contribution in [0.1, 0.15) is 72.9 Å². The number of nitrogens with one attached hydrogen (secondary N) is 1. The summed E-state index contributed by atoms with van der Waals surface area (Å²) >= 11 is 6.38. The number of halogens is 2. The molecule has 1 amide bonds. The number of carbonyl (C=O) groups excluding carboxylic acids is 2. The number of carbonyl (C=O) groups is 2. The van der Waals surface area contributed by atoms with Gasteiger partial charge in [-0.2, -0.15) is 0 Å². The van der Waals surface area contributed by atoms with E-state index in [0.717, 1.165) is 0 Å². The fraction of sp³-hybridized carbons (Fsp3) is 0.429. The maximum Gasteiger partial charge on any atom is 0.254 e. The predicted molar refractivity (Wildman–Crippen MR) is 136 cm³/mol. The van der Waals surface area contributed by atoms with Crippen molar-refractivity contribution >= 4 is 34.2 Å². The zero-order valence-electron chi connectivity index (χ0n) is 20.7. The van der Waals surface area contributed by atoms with Crippen molar-refractivity contribution in [2.24, 2.45) is 0 Å². The number of ketones is 1. The van der Waals surface area contributed by atoms with Crippen molar-refractivity contribution in [2.45, 2.75) is 75.7 Å². The van der Waals surface area contributed by atoms with Crippen molar-refractivity contribution in [3.63, 3.8) is 0 Å². The lowest BCUT2D eigenvalue weighted by atomic mass is 9.77. The quantitative estimate of drug-likeness (QED) is 0.369. The second-order valence-corrected chi connectivity index (χ2v) is 11.3. The van der Waals surface area contributed by atoms with Gasteiger partial charge in [0.25, 0.3) is 11.5 Å². The number of rotatable bonds is 3. The van der Waals surface area contributed by atoms with Crippen LogP contribution in [0.15, 0.2) is 16.9 Å². The number of aryl methyl sites for hydroxylation is 1. The molecule has 2 aromatic heterocycles. The fourth-order valence-electron chi connectivity index (χ4n) is 6.52. The summed E-state index contributed by atoms with van der Waals surface area (Å²) in [6.45, 7) is 1.88. The molecule has 10 heteroatoms. The Morgan fingerprint density at radius 3 is 2.66 bits per heavy atom. The summed E-state index contributed by atoms with van der Waals surface area (Å²) < 4.78 is 16.4. The molecule has 0 radical (unpaired) electrons. The first-order valence-electron chi connectivity index (χ1n) is 13.0. The Kier molecular flexibility index (Phi) is 4.86. The molecular weight excluding hydrogens is 513 g/mol. The van der Waals surface area contributed by atoms with Gasteiger partial charge in [-0.25, -0.2) is 9.37 Å². The monoisotopic (exact) mass is 537 g/mol. The van der Waals surface area contributed by atoms with Gasteiger partial charge >= 0.3 is 0 Å². The van der Waals surface area contributed by atoms with Crippen LogP contribution >= 0.6 is 11.6 Å². The lowest BCUT2D eigenvalue weighted by molar-refractivity contribution is -0.140. The largest absolute Gasteiger partial charge is 0.380 e. The van der Waals surface area contributed by atoms with Gasteiger partial charge in [0.05, 0.1) is 34.5 Å². The summed E-state index contributed by atoms with van der Waals surface area (Å²) in [5.74, 6) is -1.37. The molecule has 0 spiro atoms. The second-order valence-electron chi connectivity index (χ2n) is 10.9. The van der Waals surface area contributed by atoms with Crippen molar-refractivity contribution in [1.82, 2.24) is 14.9 Å². The van der Waals surface area contributed by atoms with Crippen LogP contribution in [0, 0.1) is 5.82 Å². The molecule has 38 heavy (non-hydrogen) atoms. The number of hydrogen-bond donors (Lipinski definition) is 3. The van der Waals surface area contributed by atoms with Crippen LogP contribution in [0.4, 0.5) is 4.39 Å². The highest BCUT2D eigenvalue weighted by atomic mass is 35.5. The Morgan fingerprint density at radius 1 is 1.18 bits per heavy atom. The smallest absolute Gasteiger partial charge is 0.254 e. The van der Waals surface area contributed by atoms with Crippen LogP contribution in [0.25, 0.3) is 22.3 Å². The molecule has 7 rings (SSSR count). The standard InChI is InChI=1S/C28H25ClFN3O5/c1-2-28(38)15-9-19-24-14(11-33(19)25(35)12(15)4-6-20(28)34)22-17(32-26(36)27(37)7-8-27)5-3-13-21(22)18(31-24)10-16(30)23(13)29/h9-10,17,37-38H,2-8,11H2,1H3,(H,32,36)/t17-,28+/m1/s1. The summed E-state index contributed by atoms with van der Waals surface area (Å²) in [6.07, 6.45) is 2.12. The molecule has 3 heterocycles. The van der Waals surface area contributed by atoms with Gasteiger partial charge in [0.2, 0.25) is 0 Å². The highest BCUT2D eigenvalue weighted by Gasteiger charge is 2.49. The zero-order valence-corrected chi connectivity index (χ0v) is 21.4. The average molecular weight is 538 g/mol. The van der Waals surface area contributed by atoms with Gasteiger partial charge in [0.1, 0.15) is 17.0 Å². The molecular formula is C28H25ClFN3O5. The first-order valence-corrected chi connectivity index (χ1v) is 13.3. The minimum Gasteiger partial charge on any atom is -0.380 e. The Labute approximate surface area is 221 Å². The topological polar surface area (TPSA) is 122 Å². The van der Waals surface area contributed by atoms with E-state index in [0.29, 0.717) is 75.8 Å². The molecule has 4 aliphatic rings. The third-order valence-corrected chi connectivity index (χ3v) is 9.28. The predicted octanol–water partition coefficient (Wildman–Crippen LogP) is 2.96. The van der Waals surface area contributed by atoms with E-state index < -0.39 is 29.0 Å². The lowest BCUT2D eigenvalue weighted by Crippen LogP contribution is -2.43. The van der Waals surface area contributed by atoms with E-state index in [1.54, 1.807) is 17.6 Å². The molecule has 1 aliphatic heterocycles. The minimum absolute atomic E-state index is 0.0146. The van der Waals surface area contributed by atoms with Crippen LogP contribution in [0.5, 0.6) is 0 Å². The van der Waals surface area contributed by atoms with E-state index in [4.69, 9.17) is 16.6 Å². The van der Waals surface area contributed by atoms with E-state index in [2.05, 4.69) is 5.32 Å². The van der Waals surface area contributed by atoms with Crippen molar-refractivity contribution in [3.05, 3.63) is 61.1 Å². The Bertz CT molecular complexity index is 1690. The molecule has 8 nitrogen and oxygen atoms in total. The van der Waals surface area contributed by atoms with E-state index in [-0.39, 0.29) is 42.2 Å². The van der Waals surface area contributed by atoms with Crippen LogP contribution in [-0.2, 0) is 34.6 Å². The van der Waals surface area contributed by atoms with Gasteiger partial charge in [-0.05, 0) is 55.7 Å². The SMILES string of the molecule is CC[C@@]1(O)C(=O)CCc2c1cc1n(c2=O)Cc2c-1nc1cc(F)c(Cl)c3c1c2[C@H](NC(=O)C1(O)CC1)CC3. The minimum atomic E-state index is -1.75. The maximum absolute atomic E-state index is 14.9. The van der Waals surface area contributed by atoms with Gasteiger partial charge in [-0.15, -0.1) is 0 Å². The number of aliphatic hydroxyl groups is 2. The van der Waals surface area contributed by atoms with Crippen molar-refractivity contribution in [3.8, 4) is 11.4 Å². The lowest BCUT2D eigenvalue weighted by Gasteiger charge is -2.32. The van der Waals surface area contributed by atoms with Gasteiger partial charge in [0, 0.05) is 34.6 Å². The van der Waals surface area contributed by atoms with Crippen LogP contribution in [0.3, 0.4) is 0 Å². The maximum atomic E-state index is 14.9. The van der Waals surface area contributed by atoms with Gasteiger partial charge in [-0.3, -0.25) is 14.4 Å². The molecule has 0 unspecified atom stereocenters. The highest BCUT2D eigenvalue weighted by molar-refractivity contribution is 6.32. The fourth-order valence-corrected chi connectivity index (χ4v) is 6.76. The normalized spacial score (nSPS) is 24.1. The molecule has 1 saturated carbocycles. The van der Waals surface area contributed by atoms with Gasteiger partial charge in [-0.1, -0.05) is 18.5 Å². The first-order chi connectivity index (χ1) is 18.1. The molecule has 0 saturated heterocycles. The molecule has 3 aromatic rings. The molecule has 0 bridgehead atoms. The number of benzene rings is 1. The summed E-state index contributed by atoms with van der Waals surface area (Å²) in [5.41, 5.74) is 0.577. The summed E-state index contributed by atoms with van der Waals surface area (Å²) in [7, 11) is 0. The summed E-state index contributed by atoms with van der Waals surface area (Å²) in [5, 5.41) is 25.3. The molecule has 3 aliphatic carbocycles. The van der Waals surface area contributed by atoms with E-state index >= 15 is 0 Å². The first kappa shape index (κ1) is 23.9. The summed E-state index contributed by atoms with van der Waals surface area (Å²) in [4.78, 5) is 44.0. The van der Waals surface area contributed by atoms with Crippen LogP contribution < -0.4 is 10.9 Å². The number of nitrogens with zero attached hydrogens (tertiary/aromatic N) is 2. The Morgan fingerprint density at radius 2 is 1.95 bits per heavy atom. The Balaban J connectivity index is 1.49. The molecule has 2 atom stereocenters. The van der Waals surface area contributed by atoms with E-state index in [9.17, 15) is 29.0 Å². The van der Waals surface area contributed by atoms with Crippen LogP contribution in [0.2, 0.25) is 5.02 Å².